The molecule has 9 aromatic rings. The molecule has 0 saturated carbocycles. The van der Waals surface area contributed by atoms with Crippen LogP contribution in [0.2, 0.25) is 0 Å². The van der Waals surface area contributed by atoms with Gasteiger partial charge in [-0.2, -0.15) is 0 Å². The van der Waals surface area contributed by atoms with Crippen LogP contribution in [0, 0.1) is 25.5 Å². The summed E-state index contributed by atoms with van der Waals surface area (Å²) < 4.78 is 30.8. The van der Waals surface area contributed by atoms with E-state index in [-0.39, 0.29) is 11.6 Å². The summed E-state index contributed by atoms with van der Waals surface area (Å²) in [7, 11) is 0. The predicted octanol–water partition coefficient (Wildman–Crippen LogP) is 13.9. The van der Waals surface area contributed by atoms with Gasteiger partial charge >= 0.3 is 0 Å². The van der Waals surface area contributed by atoms with Crippen LogP contribution in [0.5, 0.6) is 0 Å². The van der Waals surface area contributed by atoms with Crippen LogP contribution in [-0.2, 0) is 0 Å². The highest BCUT2D eigenvalue weighted by Gasteiger charge is 2.22. The second-order valence-corrected chi connectivity index (χ2v) is 13.1. The minimum Gasteiger partial charge on any atom is -0.207 e. The lowest BCUT2D eigenvalue weighted by molar-refractivity contribution is 0.619. The van der Waals surface area contributed by atoms with Crippen molar-refractivity contribution in [2.75, 3.05) is 0 Å². The molecule has 0 unspecified atom stereocenters. The largest absolute Gasteiger partial charge is 0.207 e. The lowest BCUT2D eigenvalue weighted by Gasteiger charge is -2.22. The van der Waals surface area contributed by atoms with Gasteiger partial charge in [0.2, 0.25) is 0 Å². The minimum atomic E-state index is -0.244. The van der Waals surface area contributed by atoms with Gasteiger partial charge in [-0.05, 0) is 137 Å². The number of rotatable bonds is 4. The number of halogens is 2. The molecule has 238 valence electrons. The Morgan fingerprint density at radius 1 is 0.320 bits per heavy atom. The maximum absolute atomic E-state index is 15.4. The molecule has 0 spiro atoms. The summed E-state index contributed by atoms with van der Waals surface area (Å²) >= 11 is 0. The third kappa shape index (κ3) is 4.71. The number of fused-ring (bicyclic) bond motifs is 4. The highest BCUT2D eigenvalue weighted by Crippen LogP contribution is 2.48. The Kier molecular flexibility index (Phi) is 7.07. The van der Waals surface area contributed by atoms with Crippen molar-refractivity contribution in [3.8, 4) is 44.5 Å². The normalized spacial score (nSPS) is 11.6. The molecule has 0 nitrogen and oxygen atoms in total. The standard InChI is InChI=1S/C48H32F2/c1-29-35(17-9-21-45(29)49)47-41-25-23-34(40-20-8-14-32-12-4-6-16-38(32)40)28-44(41)48(36-18-10-22-46(50)30(36)2)42-26-24-33(27-43(42)47)39-19-7-13-31-11-3-5-15-37(31)39/h3-28H,1-2H3. The summed E-state index contributed by atoms with van der Waals surface area (Å²) in [4.78, 5) is 0. The Hall–Kier alpha value is -6.12. The third-order valence-corrected chi connectivity index (χ3v) is 10.4. The van der Waals surface area contributed by atoms with E-state index in [0.717, 1.165) is 66.1 Å². The van der Waals surface area contributed by atoms with Crippen molar-refractivity contribution in [3.63, 3.8) is 0 Å². The quantitative estimate of drug-likeness (QED) is 0.167. The Labute approximate surface area is 289 Å². The van der Waals surface area contributed by atoms with Crippen LogP contribution >= 0.6 is 0 Å². The van der Waals surface area contributed by atoms with Crippen LogP contribution in [-0.4, -0.2) is 0 Å². The molecule has 0 amide bonds. The van der Waals surface area contributed by atoms with Gasteiger partial charge in [-0.1, -0.05) is 133 Å². The Morgan fingerprint density at radius 2 is 0.700 bits per heavy atom. The fourth-order valence-corrected chi connectivity index (χ4v) is 7.85. The molecule has 0 aromatic heterocycles. The van der Waals surface area contributed by atoms with E-state index in [1.165, 1.54) is 33.7 Å². The van der Waals surface area contributed by atoms with Crippen LogP contribution in [0.25, 0.3) is 87.6 Å². The monoisotopic (exact) mass is 646 g/mol. The first-order valence-corrected chi connectivity index (χ1v) is 17.0. The molecule has 0 fully saturated rings. The molecular formula is C48H32F2. The van der Waals surface area contributed by atoms with Gasteiger partial charge in [0.1, 0.15) is 11.6 Å². The van der Waals surface area contributed by atoms with Crippen molar-refractivity contribution >= 4 is 43.1 Å². The molecule has 0 saturated heterocycles. The van der Waals surface area contributed by atoms with E-state index in [1.807, 2.05) is 26.0 Å². The van der Waals surface area contributed by atoms with E-state index >= 15 is 8.78 Å². The summed E-state index contributed by atoms with van der Waals surface area (Å²) in [6.07, 6.45) is 0. The van der Waals surface area contributed by atoms with Crippen molar-refractivity contribution in [1.29, 1.82) is 0 Å². The Bertz CT molecular complexity index is 2600. The fraction of sp³-hybridized carbons (Fsp3) is 0.0417. The minimum absolute atomic E-state index is 0.244. The molecule has 50 heavy (non-hydrogen) atoms. The number of hydrogen-bond acceptors (Lipinski definition) is 0. The molecule has 0 heterocycles. The van der Waals surface area contributed by atoms with E-state index < -0.39 is 0 Å². The zero-order valence-electron chi connectivity index (χ0n) is 27.8. The summed E-state index contributed by atoms with van der Waals surface area (Å²) in [5.74, 6) is -0.488. The molecular weight excluding hydrogens is 615 g/mol. The summed E-state index contributed by atoms with van der Waals surface area (Å²) in [6, 6.07) is 53.4. The summed E-state index contributed by atoms with van der Waals surface area (Å²) in [5.41, 5.74) is 9.20. The molecule has 0 aliphatic carbocycles. The van der Waals surface area contributed by atoms with Crippen LogP contribution in [0.15, 0.2) is 158 Å². The molecule has 0 aliphatic rings. The first-order valence-electron chi connectivity index (χ1n) is 17.0. The predicted molar refractivity (Wildman–Crippen MR) is 208 cm³/mol. The Morgan fingerprint density at radius 3 is 1.16 bits per heavy atom. The molecule has 2 heteroatoms. The van der Waals surface area contributed by atoms with Crippen molar-refractivity contribution in [2.24, 2.45) is 0 Å². The first kappa shape index (κ1) is 30.0. The summed E-state index contributed by atoms with van der Waals surface area (Å²) in [6.45, 7) is 3.71. The van der Waals surface area contributed by atoms with Gasteiger partial charge < -0.3 is 0 Å². The number of hydrogen-bond donors (Lipinski definition) is 0. The average molecular weight is 647 g/mol. The molecule has 0 atom stereocenters. The molecule has 0 bridgehead atoms. The van der Waals surface area contributed by atoms with Crippen molar-refractivity contribution in [3.05, 3.63) is 180 Å². The van der Waals surface area contributed by atoms with Crippen LogP contribution in [0.4, 0.5) is 8.78 Å². The van der Waals surface area contributed by atoms with E-state index in [4.69, 9.17) is 0 Å². The van der Waals surface area contributed by atoms with Crippen molar-refractivity contribution in [2.45, 2.75) is 13.8 Å². The molecule has 0 radical (unpaired) electrons. The van der Waals surface area contributed by atoms with E-state index in [2.05, 4.69) is 121 Å². The second-order valence-electron chi connectivity index (χ2n) is 13.1. The van der Waals surface area contributed by atoms with Gasteiger partial charge in [-0.15, -0.1) is 0 Å². The van der Waals surface area contributed by atoms with Gasteiger partial charge in [0.25, 0.3) is 0 Å². The van der Waals surface area contributed by atoms with Crippen LogP contribution < -0.4 is 0 Å². The average Bonchev–Trinajstić information content (AvgIpc) is 3.15. The maximum atomic E-state index is 15.4. The zero-order valence-corrected chi connectivity index (χ0v) is 27.8. The lowest BCUT2D eigenvalue weighted by Crippen LogP contribution is -1.97. The topological polar surface area (TPSA) is 0 Å². The Balaban J connectivity index is 1.46. The smallest absolute Gasteiger partial charge is 0.126 e. The van der Waals surface area contributed by atoms with Crippen molar-refractivity contribution in [1.82, 2.24) is 0 Å². The fourth-order valence-electron chi connectivity index (χ4n) is 7.85. The second kappa shape index (κ2) is 11.8. The highest BCUT2D eigenvalue weighted by atomic mass is 19.1. The van der Waals surface area contributed by atoms with Gasteiger partial charge in [-0.25, -0.2) is 8.78 Å². The van der Waals surface area contributed by atoms with E-state index in [0.29, 0.717) is 11.1 Å². The van der Waals surface area contributed by atoms with Crippen molar-refractivity contribution < 1.29 is 8.78 Å². The molecule has 0 aliphatic heterocycles. The lowest BCUT2D eigenvalue weighted by atomic mass is 9.82. The third-order valence-electron chi connectivity index (χ3n) is 10.4. The molecule has 9 aromatic carbocycles. The SMILES string of the molecule is Cc1c(F)cccc1-c1c2ccc(-c3cccc4ccccc34)cc2c(-c2cccc(F)c2C)c2ccc(-c3cccc4ccccc34)cc12. The van der Waals surface area contributed by atoms with Gasteiger partial charge in [-0.3, -0.25) is 0 Å². The highest BCUT2D eigenvalue weighted by molar-refractivity contribution is 6.23. The van der Waals surface area contributed by atoms with E-state index in [1.54, 1.807) is 12.1 Å². The maximum Gasteiger partial charge on any atom is 0.126 e. The van der Waals surface area contributed by atoms with Gasteiger partial charge in [0, 0.05) is 0 Å². The van der Waals surface area contributed by atoms with E-state index in [9.17, 15) is 0 Å². The van der Waals surface area contributed by atoms with Gasteiger partial charge in [0.15, 0.2) is 0 Å². The van der Waals surface area contributed by atoms with Crippen LogP contribution in [0.3, 0.4) is 0 Å². The molecule has 0 N–H and O–H groups in total. The van der Waals surface area contributed by atoms with Crippen LogP contribution in [0.1, 0.15) is 11.1 Å². The summed E-state index contributed by atoms with van der Waals surface area (Å²) in [5, 5.41) is 8.64. The van der Waals surface area contributed by atoms with Gasteiger partial charge in [0.05, 0.1) is 0 Å². The first-order chi connectivity index (χ1) is 24.5. The molecule has 9 rings (SSSR count). The number of benzene rings is 9. The zero-order chi connectivity index (χ0) is 33.9.